The van der Waals surface area contributed by atoms with Crippen molar-refractivity contribution in [3.05, 3.63) is 35.4 Å². The van der Waals surface area contributed by atoms with E-state index in [-0.39, 0.29) is 5.41 Å². The van der Waals surface area contributed by atoms with Crippen molar-refractivity contribution in [1.29, 1.82) is 0 Å². The van der Waals surface area contributed by atoms with E-state index < -0.39 is 0 Å². The predicted molar refractivity (Wildman–Crippen MR) is 92.2 cm³/mol. The van der Waals surface area contributed by atoms with Crippen LogP contribution in [-0.2, 0) is 17.7 Å². The van der Waals surface area contributed by atoms with E-state index in [2.05, 4.69) is 62.3 Å². The highest BCUT2D eigenvalue weighted by Gasteiger charge is 2.33. The highest BCUT2D eigenvalue weighted by atomic mass is 16.5. The highest BCUT2D eigenvalue weighted by molar-refractivity contribution is 5.79. The lowest BCUT2D eigenvalue weighted by Gasteiger charge is -2.37. The van der Waals surface area contributed by atoms with Crippen molar-refractivity contribution in [3.8, 4) is 0 Å². The zero-order valence-electron chi connectivity index (χ0n) is 14.4. The lowest BCUT2D eigenvalue weighted by atomic mass is 9.89. The summed E-state index contributed by atoms with van der Waals surface area (Å²) in [6, 6.07) is 8.83. The molecule has 122 valence electrons. The average Bonchev–Trinajstić information content (AvgIpc) is 2.50. The summed E-state index contributed by atoms with van der Waals surface area (Å²) < 4.78 is 5.30. The van der Waals surface area contributed by atoms with Crippen LogP contribution in [0.15, 0.2) is 29.3 Å². The Kier molecular flexibility index (Phi) is 5.83. The maximum absolute atomic E-state index is 5.30. The van der Waals surface area contributed by atoms with Crippen LogP contribution in [0, 0.1) is 5.41 Å². The molecule has 2 rings (SSSR count). The van der Waals surface area contributed by atoms with E-state index in [4.69, 9.17) is 9.73 Å². The van der Waals surface area contributed by atoms with Crippen molar-refractivity contribution in [3.63, 3.8) is 0 Å². The number of nitrogens with one attached hydrogen (secondary N) is 1. The molecule has 0 unspecified atom stereocenters. The molecule has 0 atom stereocenters. The Morgan fingerprint density at radius 2 is 1.86 bits per heavy atom. The van der Waals surface area contributed by atoms with Gasteiger partial charge in [-0.15, -0.1) is 0 Å². The van der Waals surface area contributed by atoms with Crippen molar-refractivity contribution in [1.82, 2.24) is 10.2 Å². The molecule has 1 saturated heterocycles. The SMILES string of the molecule is CCNC(=NCC1(C)COC1)N(C)Cc1ccc(CC)cc1. The Labute approximate surface area is 134 Å². The monoisotopic (exact) mass is 303 g/mol. The average molecular weight is 303 g/mol. The fourth-order valence-corrected chi connectivity index (χ4v) is 2.51. The van der Waals surface area contributed by atoms with Crippen LogP contribution in [0.25, 0.3) is 0 Å². The van der Waals surface area contributed by atoms with Gasteiger partial charge in [0.15, 0.2) is 5.96 Å². The summed E-state index contributed by atoms with van der Waals surface area (Å²) in [7, 11) is 2.09. The van der Waals surface area contributed by atoms with Crippen LogP contribution in [0.4, 0.5) is 0 Å². The number of ether oxygens (including phenoxy) is 1. The molecular formula is C18H29N3O. The van der Waals surface area contributed by atoms with Gasteiger partial charge in [0.2, 0.25) is 0 Å². The topological polar surface area (TPSA) is 36.9 Å². The van der Waals surface area contributed by atoms with Gasteiger partial charge in [0.05, 0.1) is 19.8 Å². The van der Waals surface area contributed by atoms with Crippen molar-refractivity contribution < 1.29 is 4.74 Å². The minimum atomic E-state index is 0.213. The van der Waals surface area contributed by atoms with E-state index in [0.29, 0.717) is 0 Å². The number of guanidine groups is 1. The summed E-state index contributed by atoms with van der Waals surface area (Å²) in [6.07, 6.45) is 1.08. The molecule has 0 spiro atoms. The second-order valence-electron chi connectivity index (χ2n) is 6.50. The highest BCUT2D eigenvalue weighted by Crippen LogP contribution is 2.26. The molecule has 0 bridgehead atoms. The normalized spacial score (nSPS) is 17.0. The molecule has 1 N–H and O–H groups in total. The number of hydrogen-bond donors (Lipinski definition) is 1. The fourth-order valence-electron chi connectivity index (χ4n) is 2.51. The number of nitrogens with zero attached hydrogens (tertiary/aromatic N) is 2. The smallest absolute Gasteiger partial charge is 0.193 e. The summed E-state index contributed by atoms with van der Waals surface area (Å²) in [6.45, 7) is 10.7. The Morgan fingerprint density at radius 3 is 2.36 bits per heavy atom. The number of rotatable bonds is 6. The maximum atomic E-state index is 5.30. The third kappa shape index (κ3) is 4.47. The molecule has 1 aromatic rings. The van der Waals surface area contributed by atoms with Gasteiger partial charge in [-0.05, 0) is 24.5 Å². The molecule has 1 aliphatic heterocycles. The summed E-state index contributed by atoms with van der Waals surface area (Å²) >= 11 is 0. The first-order chi connectivity index (χ1) is 10.6. The van der Waals surface area contributed by atoms with Crippen LogP contribution in [0.5, 0.6) is 0 Å². The largest absolute Gasteiger partial charge is 0.380 e. The summed E-state index contributed by atoms with van der Waals surface area (Å²) in [5.74, 6) is 0.968. The molecule has 22 heavy (non-hydrogen) atoms. The molecule has 1 heterocycles. The van der Waals surface area contributed by atoms with E-state index in [9.17, 15) is 0 Å². The zero-order chi connectivity index (χ0) is 16.0. The van der Waals surface area contributed by atoms with Crippen molar-refractivity contribution >= 4 is 5.96 Å². The van der Waals surface area contributed by atoms with Crippen molar-refractivity contribution in [2.24, 2.45) is 10.4 Å². The molecule has 4 nitrogen and oxygen atoms in total. The van der Waals surface area contributed by atoms with E-state index in [1.807, 2.05) is 0 Å². The molecule has 0 aliphatic carbocycles. The van der Waals surface area contributed by atoms with Gasteiger partial charge in [-0.25, -0.2) is 0 Å². The second-order valence-corrected chi connectivity index (χ2v) is 6.50. The van der Waals surface area contributed by atoms with Crippen LogP contribution in [0.3, 0.4) is 0 Å². The van der Waals surface area contributed by atoms with Crippen LogP contribution < -0.4 is 5.32 Å². The zero-order valence-corrected chi connectivity index (χ0v) is 14.4. The van der Waals surface area contributed by atoms with Gasteiger partial charge in [-0.1, -0.05) is 38.1 Å². The van der Waals surface area contributed by atoms with Gasteiger partial charge in [-0.3, -0.25) is 4.99 Å². The molecule has 4 heteroatoms. The number of aliphatic imine (C=N–C) groups is 1. The predicted octanol–water partition coefficient (Wildman–Crippen LogP) is 2.68. The summed E-state index contributed by atoms with van der Waals surface area (Å²) in [4.78, 5) is 6.98. The summed E-state index contributed by atoms with van der Waals surface area (Å²) in [5, 5.41) is 3.38. The molecule has 0 amide bonds. The van der Waals surface area contributed by atoms with E-state index in [0.717, 1.165) is 45.2 Å². The number of hydrogen-bond acceptors (Lipinski definition) is 2. The summed E-state index contributed by atoms with van der Waals surface area (Å²) in [5.41, 5.74) is 2.90. The van der Waals surface area contributed by atoms with Gasteiger partial charge in [0.25, 0.3) is 0 Å². The molecule has 1 fully saturated rings. The third-order valence-electron chi connectivity index (χ3n) is 4.06. The quantitative estimate of drug-likeness (QED) is 0.648. The van der Waals surface area contributed by atoms with Gasteiger partial charge < -0.3 is 15.0 Å². The fraction of sp³-hybridized carbons (Fsp3) is 0.611. The minimum Gasteiger partial charge on any atom is -0.380 e. The standard InChI is InChI=1S/C18H29N3O/c1-5-15-7-9-16(10-8-15)11-21(4)17(19-6-2)20-12-18(3)13-22-14-18/h7-10H,5-6,11-14H2,1-4H3,(H,19,20). The number of aryl methyl sites for hydroxylation is 1. The molecule has 1 aliphatic rings. The van der Waals surface area contributed by atoms with E-state index >= 15 is 0 Å². The van der Waals surface area contributed by atoms with Crippen LogP contribution >= 0.6 is 0 Å². The van der Waals surface area contributed by atoms with Gasteiger partial charge in [0, 0.05) is 25.6 Å². The second kappa shape index (κ2) is 7.63. The Hall–Kier alpha value is -1.55. The molecule has 0 aromatic heterocycles. The van der Waals surface area contributed by atoms with Crippen LogP contribution in [0.2, 0.25) is 0 Å². The van der Waals surface area contributed by atoms with Crippen LogP contribution in [0.1, 0.15) is 31.9 Å². The number of benzene rings is 1. The third-order valence-corrected chi connectivity index (χ3v) is 4.06. The minimum absolute atomic E-state index is 0.213. The lowest BCUT2D eigenvalue weighted by Crippen LogP contribution is -2.44. The van der Waals surface area contributed by atoms with E-state index in [1.165, 1.54) is 11.1 Å². The van der Waals surface area contributed by atoms with Crippen LogP contribution in [-0.4, -0.2) is 44.2 Å². The van der Waals surface area contributed by atoms with Crippen molar-refractivity contribution in [2.75, 3.05) is 33.4 Å². The van der Waals surface area contributed by atoms with Gasteiger partial charge in [-0.2, -0.15) is 0 Å². The molecule has 0 saturated carbocycles. The first kappa shape index (κ1) is 16.8. The first-order valence-corrected chi connectivity index (χ1v) is 8.21. The lowest BCUT2D eigenvalue weighted by molar-refractivity contribution is -0.0946. The molecule has 0 radical (unpaired) electrons. The molecular weight excluding hydrogens is 274 g/mol. The Morgan fingerprint density at radius 1 is 1.23 bits per heavy atom. The van der Waals surface area contributed by atoms with Gasteiger partial charge >= 0.3 is 0 Å². The van der Waals surface area contributed by atoms with Crippen molar-refractivity contribution in [2.45, 2.75) is 33.7 Å². The van der Waals surface area contributed by atoms with E-state index in [1.54, 1.807) is 0 Å². The maximum Gasteiger partial charge on any atom is 0.193 e. The van der Waals surface area contributed by atoms with Gasteiger partial charge in [0.1, 0.15) is 0 Å². The molecule has 1 aromatic carbocycles. The Bertz CT molecular complexity index is 492. The first-order valence-electron chi connectivity index (χ1n) is 8.21. The Balaban J connectivity index is 1.98.